The lowest BCUT2D eigenvalue weighted by Gasteiger charge is -2.10. The van der Waals surface area contributed by atoms with Gasteiger partial charge in [-0.1, -0.05) is 26.3 Å². The molecule has 0 amide bonds. The van der Waals surface area contributed by atoms with Crippen LogP contribution in [-0.4, -0.2) is 0 Å². The fraction of sp³-hybridized carbons (Fsp3) is 0.455. The number of rotatable bonds is 3. The van der Waals surface area contributed by atoms with Gasteiger partial charge in [0.15, 0.2) is 11.6 Å². The molecule has 0 radical (unpaired) electrons. The molecule has 0 aliphatic heterocycles. The Balaban J connectivity index is 2.84. The van der Waals surface area contributed by atoms with Crippen LogP contribution in [0.25, 0.3) is 0 Å². The van der Waals surface area contributed by atoms with Crippen LogP contribution in [-0.2, 0) is 0 Å². The second kappa shape index (κ2) is 4.35. The van der Waals surface area contributed by atoms with E-state index in [1.54, 1.807) is 6.07 Å². The average molecular weight is 184 g/mol. The Hall–Kier alpha value is -0.920. The molecule has 0 aliphatic carbocycles. The van der Waals surface area contributed by atoms with E-state index in [-0.39, 0.29) is 0 Å². The molecule has 13 heavy (non-hydrogen) atoms. The summed E-state index contributed by atoms with van der Waals surface area (Å²) in [6, 6.07) is 4.13. The fourth-order valence-electron chi connectivity index (χ4n) is 1.42. The summed E-state index contributed by atoms with van der Waals surface area (Å²) in [6.45, 7) is 4.10. The van der Waals surface area contributed by atoms with E-state index >= 15 is 0 Å². The molecule has 1 aromatic carbocycles. The van der Waals surface area contributed by atoms with Crippen molar-refractivity contribution < 1.29 is 8.78 Å². The van der Waals surface area contributed by atoms with E-state index in [9.17, 15) is 8.78 Å². The van der Waals surface area contributed by atoms with Gasteiger partial charge in [-0.05, 0) is 30.0 Å². The number of halogens is 2. The fourth-order valence-corrected chi connectivity index (χ4v) is 1.42. The van der Waals surface area contributed by atoms with Gasteiger partial charge >= 0.3 is 0 Å². The van der Waals surface area contributed by atoms with Crippen molar-refractivity contribution in [3.63, 3.8) is 0 Å². The monoisotopic (exact) mass is 184 g/mol. The van der Waals surface area contributed by atoms with Crippen LogP contribution in [0.1, 0.15) is 38.2 Å². The van der Waals surface area contributed by atoms with Gasteiger partial charge in [0.25, 0.3) is 0 Å². The highest BCUT2D eigenvalue weighted by molar-refractivity contribution is 5.21. The molecule has 0 saturated heterocycles. The van der Waals surface area contributed by atoms with Crippen LogP contribution in [0, 0.1) is 11.6 Å². The number of hydrogen-bond donors (Lipinski definition) is 0. The lowest BCUT2D eigenvalue weighted by Crippen LogP contribution is -1.95. The molecular formula is C11H14F2. The molecule has 1 unspecified atom stereocenters. The summed E-state index contributed by atoms with van der Waals surface area (Å²) in [5.74, 6) is -1.21. The van der Waals surface area contributed by atoms with Crippen molar-refractivity contribution in [2.24, 2.45) is 0 Å². The summed E-state index contributed by atoms with van der Waals surface area (Å²) in [4.78, 5) is 0. The van der Waals surface area contributed by atoms with Crippen LogP contribution in [0.3, 0.4) is 0 Å². The third-order valence-corrected chi connectivity index (χ3v) is 2.23. The molecular weight excluding hydrogens is 170 g/mol. The first kappa shape index (κ1) is 10.2. The Morgan fingerprint density at radius 3 is 2.46 bits per heavy atom. The summed E-state index contributed by atoms with van der Waals surface area (Å²) in [7, 11) is 0. The summed E-state index contributed by atoms with van der Waals surface area (Å²) < 4.78 is 25.4. The van der Waals surface area contributed by atoms with Gasteiger partial charge in [0.05, 0.1) is 0 Å². The smallest absolute Gasteiger partial charge is 0.159 e. The Morgan fingerprint density at radius 1 is 1.23 bits per heavy atom. The van der Waals surface area contributed by atoms with Gasteiger partial charge in [0, 0.05) is 0 Å². The third kappa shape index (κ3) is 2.51. The average Bonchev–Trinajstić information content (AvgIpc) is 2.10. The van der Waals surface area contributed by atoms with Crippen LogP contribution in [0.2, 0.25) is 0 Å². The summed E-state index contributed by atoms with van der Waals surface area (Å²) in [5, 5.41) is 0. The minimum Gasteiger partial charge on any atom is -0.204 e. The molecule has 0 N–H and O–H groups in total. The molecule has 1 rings (SSSR count). The van der Waals surface area contributed by atoms with E-state index in [2.05, 4.69) is 6.92 Å². The zero-order valence-electron chi connectivity index (χ0n) is 7.98. The van der Waals surface area contributed by atoms with Crippen LogP contribution >= 0.6 is 0 Å². The molecule has 1 atom stereocenters. The van der Waals surface area contributed by atoms with Crippen molar-refractivity contribution in [3.05, 3.63) is 35.4 Å². The van der Waals surface area contributed by atoms with Crippen molar-refractivity contribution >= 4 is 0 Å². The van der Waals surface area contributed by atoms with Crippen molar-refractivity contribution in [1.29, 1.82) is 0 Å². The molecule has 0 heterocycles. The highest BCUT2D eigenvalue weighted by Crippen LogP contribution is 2.21. The predicted octanol–water partition coefficient (Wildman–Crippen LogP) is 3.87. The molecule has 0 aromatic heterocycles. The van der Waals surface area contributed by atoms with Crippen molar-refractivity contribution in [1.82, 2.24) is 0 Å². The van der Waals surface area contributed by atoms with Crippen molar-refractivity contribution in [2.75, 3.05) is 0 Å². The van der Waals surface area contributed by atoms with Gasteiger partial charge in [-0.3, -0.25) is 0 Å². The second-order valence-corrected chi connectivity index (χ2v) is 3.36. The molecule has 2 heteroatoms. The number of benzene rings is 1. The minimum atomic E-state index is -0.771. The van der Waals surface area contributed by atoms with Crippen LogP contribution in [0.15, 0.2) is 18.2 Å². The normalized spacial score (nSPS) is 12.9. The topological polar surface area (TPSA) is 0 Å². The Morgan fingerprint density at radius 2 is 1.92 bits per heavy atom. The molecule has 0 fully saturated rings. The van der Waals surface area contributed by atoms with E-state index in [0.717, 1.165) is 18.4 Å². The van der Waals surface area contributed by atoms with Crippen LogP contribution in [0.5, 0.6) is 0 Å². The molecule has 0 saturated carbocycles. The lowest BCUT2D eigenvalue weighted by molar-refractivity contribution is 0.504. The minimum absolute atomic E-state index is 0.306. The first-order valence-corrected chi connectivity index (χ1v) is 4.60. The van der Waals surface area contributed by atoms with Gasteiger partial charge < -0.3 is 0 Å². The zero-order valence-corrected chi connectivity index (χ0v) is 7.98. The van der Waals surface area contributed by atoms with Gasteiger partial charge in [0.1, 0.15) is 0 Å². The first-order valence-electron chi connectivity index (χ1n) is 4.60. The van der Waals surface area contributed by atoms with E-state index in [4.69, 9.17) is 0 Å². The summed E-state index contributed by atoms with van der Waals surface area (Å²) in [5.41, 5.74) is 0.876. The quantitative estimate of drug-likeness (QED) is 0.669. The van der Waals surface area contributed by atoms with E-state index in [1.165, 1.54) is 12.1 Å². The predicted molar refractivity (Wildman–Crippen MR) is 49.7 cm³/mol. The summed E-state index contributed by atoms with van der Waals surface area (Å²) in [6.07, 6.45) is 2.06. The Bertz CT molecular complexity index is 281. The van der Waals surface area contributed by atoms with Crippen LogP contribution in [0.4, 0.5) is 8.78 Å². The molecule has 0 aliphatic rings. The third-order valence-electron chi connectivity index (χ3n) is 2.23. The highest BCUT2D eigenvalue weighted by atomic mass is 19.2. The molecule has 0 bridgehead atoms. The number of hydrogen-bond acceptors (Lipinski definition) is 0. The Kier molecular flexibility index (Phi) is 3.40. The molecule has 1 aromatic rings. The van der Waals surface area contributed by atoms with Crippen LogP contribution < -0.4 is 0 Å². The van der Waals surface area contributed by atoms with Crippen molar-refractivity contribution in [3.8, 4) is 0 Å². The Labute approximate surface area is 77.6 Å². The highest BCUT2D eigenvalue weighted by Gasteiger charge is 2.07. The summed E-state index contributed by atoms with van der Waals surface area (Å²) >= 11 is 0. The maximum Gasteiger partial charge on any atom is 0.159 e. The molecule has 0 spiro atoms. The maximum absolute atomic E-state index is 12.8. The lowest BCUT2D eigenvalue weighted by atomic mass is 9.96. The van der Waals surface area contributed by atoms with Gasteiger partial charge in [-0.15, -0.1) is 0 Å². The largest absolute Gasteiger partial charge is 0.204 e. The maximum atomic E-state index is 12.8. The second-order valence-electron chi connectivity index (χ2n) is 3.36. The molecule has 0 nitrogen and oxygen atoms in total. The zero-order chi connectivity index (χ0) is 9.84. The SMILES string of the molecule is CCCC(C)c1ccc(F)c(F)c1. The van der Waals surface area contributed by atoms with Crippen molar-refractivity contribution in [2.45, 2.75) is 32.6 Å². The van der Waals surface area contributed by atoms with Gasteiger partial charge in [-0.25, -0.2) is 8.78 Å². The van der Waals surface area contributed by atoms with E-state index < -0.39 is 11.6 Å². The van der Waals surface area contributed by atoms with E-state index in [1.807, 2.05) is 6.92 Å². The van der Waals surface area contributed by atoms with E-state index in [0.29, 0.717) is 5.92 Å². The molecule has 72 valence electrons. The first-order chi connectivity index (χ1) is 6.15. The van der Waals surface area contributed by atoms with Gasteiger partial charge in [0.2, 0.25) is 0 Å². The van der Waals surface area contributed by atoms with Gasteiger partial charge in [-0.2, -0.15) is 0 Å². The standard InChI is InChI=1S/C11H14F2/c1-3-4-8(2)9-5-6-10(12)11(13)7-9/h5-8H,3-4H2,1-2H3.